The first-order chi connectivity index (χ1) is 8.26. The predicted octanol–water partition coefficient (Wildman–Crippen LogP) is 2.87. The van der Waals surface area contributed by atoms with Crippen LogP contribution >= 0.6 is 0 Å². The molecule has 3 nitrogen and oxygen atoms in total. The van der Waals surface area contributed by atoms with Gasteiger partial charge in [0.05, 0.1) is 24.9 Å². The van der Waals surface area contributed by atoms with Crippen molar-refractivity contribution in [2.45, 2.75) is 77.1 Å². The van der Waals surface area contributed by atoms with E-state index in [4.69, 9.17) is 15.2 Å². The molecule has 17 heavy (non-hydrogen) atoms. The largest absolute Gasteiger partial charge is 0.376 e. The Morgan fingerprint density at radius 1 is 1.24 bits per heavy atom. The Kier molecular flexibility index (Phi) is 7.82. The lowest BCUT2D eigenvalue weighted by Crippen LogP contribution is -2.24. The molecule has 0 aliphatic carbocycles. The first kappa shape index (κ1) is 14.9. The van der Waals surface area contributed by atoms with Crippen LogP contribution in [0.25, 0.3) is 0 Å². The summed E-state index contributed by atoms with van der Waals surface area (Å²) in [5.74, 6) is 0. The van der Waals surface area contributed by atoms with E-state index in [9.17, 15) is 0 Å². The summed E-state index contributed by atoms with van der Waals surface area (Å²) in [4.78, 5) is 0. The number of hydrogen-bond donors (Lipinski definition) is 1. The van der Waals surface area contributed by atoms with Crippen LogP contribution in [0.2, 0.25) is 0 Å². The maximum atomic E-state index is 5.83. The predicted molar refractivity (Wildman–Crippen MR) is 71.1 cm³/mol. The number of rotatable bonds is 9. The van der Waals surface area contributed by atoms with Crippen LogP contribution in [0.3, 0.4) is 0 Å². The molecule has 0 bridgehead atoms. The molecule has 102 valence electrons. The number of hydrogen-bond acceptors (Lipinski definition) is 3. The van der Waals surface area contributed by atoms with Gasteiger partial charge in [0.25, 0.3) is 0 Å². The zero-order chi connectivity index (χ0) is 12.5. The average Bonchev–Trinajstić information content (AvgIpc) is 2.80. The topological polar surface area (TPSA) is 44.5 Å². The lowest BCUT2D eigenvalue weighted by atomic mass is 10.1. The van der Waals surface area contributed by atoms with Crippen LogP contribution < -0.4 is 5.73 Å². The third-order valence-electron chi connectivity index (χ3n) is 3.49. The summed E-state index contributed by atoms with van der Waals surface area (Å²) < 4.78 is 11.6. The van der Waals surface area contributed by atoms with Crippen LogP contribution in [0.4, 0.5) is 0 Å². The highest BCUT2D eigenvalue weighted by Gasteiger charge is 2.24. The van der Waals surface area contributed by atoms with Gasteiger partial charge in [0.15, 0.2) is 0 Å². The van der Waals surface area contributed by atoms with Crippen molar-refractivity contribution >= 4 is 0 Å². The zero-order valence-electron chi connectivity index (χ0n) is 11.5. The first-order valence-corrected chi connectivity index (χ1v) is 7.23. The quantitative estimate of drug-likeness (QED) is 0.633. The van der Waals surface area contributed by atoms with Crippen molar-refractivity contribution in [3.05, 3.63) is 0 Å². The van der Waals surface area contributed by atoms with E-state index in [0.717, 1.165) is 19.4 Å². The van der Waals surface area contributed by atoms with E-state index in [1.54, 1.807) is 0 Å². The van der Waals surface area contributed by atoms with Crippen LogP contribution in [-0.4, -0.2) is 31.5 Å². The summed E-state index contributed by atoms with van der Waals surface area (Å²) in [6, 6.07) is 0. The molecule has 2 N–H and O–H groups in total. The summed E-state index contributed by atoms with van der Waals surface area (Å²) in [5.41, 5.74) is 5.58. The van der Waals surface area contributed by atoms with Gasteiger partial charge in [-0.15, -0.1) is 0 Å². The molecule has 1 saturated heterocycles. The molecule has 0 aromatic heterocycles. The second-order valence-electron chi connectivity index (χ2n) is 5.19. The molecule has 0 saturated carbocycles. The smallest absolute Gasteiger partial charge is 0.0814 e. The van der Waals surface area contributed by atoms with Crippen molar-refractivity contribution in [3.63, 3.8) is 0 Å². The second kappa shape index (κ2) is 8.90. The van der Waals surface area contributed by atoms with E-state index < -0.39 is 0 Å². The number of unbranched alkanes of at least 4 members (excludes halogenated alkanes) is 3. The summed E-state index contributed by atoms with van der Waals surface area (Å²) in [7, 11) is 0. The maximum absolute atomic E-state index is 5.83. The fraction of sp³-hybridized carbons (Fsp3) is 1.00. The van der Waals surface area contributed by atoms with Gasteiger partial charge in [-0.1, -0.05) is 32.6 Å². The molecule has 3 unspecified atom stereocenters. The normalized spacial score (nSPS) is 26.3. The number of nitrogens with two attached hydrogens (primary N) is 1. The van der Waals surface area contributed by atoms with Crippen molar-refractivity contribution < 1.29 is 9.47 Å². The highest BCUT2D eigenvalue weighted by Crippen LogP contribution is 2.19. The van der Waals surface area contributed by atoms with E-state index in [1.807, 2.05) is 0 Å². The highest BCUT2D eigenvalue weighted by atomic mass is 16.5. The molecule has 0 radical (unpaired) electrons. The third kappa shape index (κ3) is 6.39. The molecular formula is C14H29NO2. The van der Waals surface area contributed by atoms with Gasteiger partial charge >= 0.3 is 0 Å². The Morgan fingerprint density at radius 3 is 2.65 bits per heavy atom. The van der Waals surface area contributed by atoms with Gasteiger partial charge in [-0.3, -0.25) is 0 Å². The van der Waals surface area contributed by atoms with Crippen LogP contribution in [0, 0.1) is 0 Å². The van der Waals surface area contributed by atoms with Crippen LogP contribution in [0.5, 0.6) is 0 Å². The molecule has 0 aromatic carbocycles. The van der Waals surface area contributed by atoms with Crippen LogP contribution in [0.1, 0.15) is 58.8 Å². The molecule has 1 rings (SSSR count). The fourth-order valence-electron chi connectivity index (χ4n) is 2.29. The minimum atomic E-state index is 0.267. The first-order valence-electron chi connectivity index (χ1n) is 7.23. The van der Waals surface area contributed by atoms with Crippen molar-refractivity contribution in [2.24, 2.45) is 5.73 Å². The van der Waals surface area contributed by atoms with Gasteiger partial charge in [-0.05, 0) is 26.2 Å². The highest BCUT2D eigenvalue weighted by molar-refractivity contribution is 4.74. The number of ether oxygens (including phenoxy) is 2. The molecule has 3 heteroatoms. The van der Waals surface area contributed by atoms with Crippen LogP contribution in [0.15, 0.2) is 0 Å². The zero-order valence-corrected chi connectivity index (χ0v) is 11.5. The van der Waals surface area contributed by atoms with Gasteiger partial charge in [-0.25, -0.2) is 0 Å². The molecule has 0 spiro atoms. The summed E-state index contributed by atoms with van der Waals surface area (Å²) in [6.45, 7) is 5.79. The molecule has 1 aliphatic rings. The van der Waals surface area contributed by atoms with Gasteiger partial charge in [0.1, 0.15) is 0 Å². The summed E-state index contributed by atoms with van der Waals surface area (Å²) in [6.07, 6.45) is 9.54. The van der Waals surface area contributed by atoms with Gasteiger partial charge < -0.3 is 15.2 Å². The van der Waals surface area contributed by atoms with E-state index in [2.05, 4.69) is 13.8 Å². The minimum absolute atomic E-state index is 0.267. The van der Waals surface area contributed by atoms with Crippen molar-refractivity contribution in [1.29, 1.82) is 0 Å². The Labute approximate surface area is 106 Å². The van der Waals surface area contributed by atoms with Gasteiger partial charge in [0, 0.05) is 6.54 Å². The lowest BCUT2D eigenvalue weighted by molar-refractivity contribution is -0.0368. The van der Waals surface area contributed by atoms with Gasteiger partial charge in [0.2, 0.25) is 0 Å². The van der Waals surface area contributed by atoms with E-state index in [0.29, 0.717) is 12.6 Å². The minimum Gasteiger partial charge on any atom is -0.376 e. The Morgan fingerprint density at radius 2 is 2.00 bits per heavy atom. The fourth-order valence-corrected chi connectivity index (χ4v) is 2.29. The SMILES string of the molecule is CCCCCCC(C)OCC1CCC(CN)O1. The average molecular weight is 243 g/mol. The lowest BCUT2D eigenvalue weighted by Gasteiger charge is -2.17. The van der Waals surface area contributed by atoms with E-state index >= 15 is 0 Å². The third-order valence-corrected chi connectivity index (χ3v) is 3.49. The molecule has 1 aliphatic heterocycles. The molecule has 0 amide bonds. The summed E-state index contributed by atoms with van der Waals surface area (Å²) in [5, 5.41) is 0. The molecule has 1 fully saturated rings. The molecular weight excluding hydrogens is 214 g/mol. The maximum Gasteiger partial charge on any atom is 0.0814 e. The summed E-state index contributed by atoms with van der Waals surface area (Å²) >= 11 is 0. The Bertz CT molecular complexity index is 187. The van der Waals surface area contributed by atoms with Crippen LogP contribution in [-0.2, 0) is 9.47 Å². The monoisotopic (exact) mass is 243 g/mol. The van der Waals surface area contributed by atoms with Crippen molar-refractivity contribution in [3.8, 4) is 0 Å². The van der Waals surface area contributed by atoms with E-state index in [1.165, 1.54) is 32.1 Å². The Balaban J connectivity index is 1.98. The van der Waals surface area contributed by atoms with Crippen molar-refractivity contribution in [2.75, 3.05) is 13.2 Å². The molecule has 0 aromatic rings. The van der Waals surface area contributed by atoms with Gasteiger partial charge in [-0.2, -0.15) is 0 Å². The standard InChI is InChI=1S/C14H29NO2/c1-3-4-5-6-7-12(2)16-11-14-9-8-13(10-15)17-14/h12-14H,3-11,15H2,1-2H3. The Hall–Kier alpha value is -0.120. The molecule has 3 atom stereocenters. The second-order valence-corrected chi connectivity index (χ2v) is 5.19. The van der Waals surface area contributed by atoms with E-state index in [-0.39, 0.29) is 12.2 Å². The molecule has 1 heterocycles. The van der Waals surface area contributed by atoms with Crippen molar-refractivity contribution in [1.82, 2.24) is 0 Å².